The molecule has 0 aliphatic heterocycles. The van der Waals surface area contributed by atoms with Crippen LogP contribution >= 0.6 is 39.9 Å². The van der Waals surface area contributed by atoms with E-state index in [4.69, 9.17) is 23.1 Å². The van der Waals surface area contributed by atoms with Gasteiger partial charge in [-0.25, -0.2) is 0 Å². The molecule has 1 aromatic rings. The molecule has 0 amide bonds. The van der Waals surface area contributed by atoms with Gasteiger partial charge < -0.3 is 11.5 Å². The molecule has 0 saturated heterocycles. The molecule has 92 valence electrons. The highest BCUT2D eigenvalue weighted by molar-refractivity contribution is 9.10. The Bertz CT molecular complexity index is 321. The van der Waals surface area contributed by atoms with E-state index in [1.807, 2.05) is 18.2 Å². The highest BCUT2D eigenvalue weighted by Crippen LogP contribution is 2.27. The third-order valence-electron chi connectivity index (χ3n) is 2.33. The second-order valence-corrected chi connectivity index (χ2v) is 4.85. The summed E-state index contributed by atoms with van der Waals surface area (Å²) in [6, 6.07) is 5.77. The zero-order chi connectivity index (χ0) is 11.3. The van der Waals surface area contributed by atoms with Crippen molar-refractivity contribution < 1.29 is 0 Å². The van der Waals surface area contributed by atoms with Crippen molar-refractivity contribution >= 4 is 39.9 Å². The first kappa shape index (κ1) is 16.2. The predicted molar refractivity (Wildman–Crippen MR) is 76.2 cm³/mol. The molecule has 0 unspecified atom stereocenters. The summed E-state index contributed by atoms with van der Waals surface area (Å²) < 4.78 is 0.982. The molecule has 0 heterocycles. The quantitative estimate of drug-likeness (QED) is 0.811. The van der Waals surface area contributed by atoms with Crippen LogP contribution in [0.5, 0.6) is 0 Å². The molecular weight excluding hydrogens is 311 g/mol. The summed E-state index contributed by atoms with van der Waals surface area (Å²) in [6.07, 6.45) is 3.04. The largest absolute Gasteiger partial charge is 0.330 e. The lowest BCUT2D eigenvalue weighted by Gasteiger charge is -2.13. The van der Waals surface area contributed by atoms with Crippen LogP contribution < -0.4 is 11.5 Å². The Morgan fingerprint density at radius 3 is 2.56 bits per heavy atom. The Hall–Kier alpha value is 0.200. The Kier molecular flexibility index (Phi) is 8.42. The molecule has 0 aliphatic rings. The van der Waals surface area contributed by atoms with Crippen LogP contribution in [0.15, 0.2) is 22.7 Å². The number of rotatable bonds is 5. The minimum absolute atomic E-state index is 0. The van der Waals surface area contributed by atoms with Gasteiger partial charge in [-0.2, -0.15) is 0 Å². The highest BCUT2D eigenvalue weighted by atomic mass is 79.9. The van der Waals surface area contributed by atoms with Crippen LogP contribution in [0.1, 0.15) is 30.9 Å². The van der Waals surface area contributed by atoms with E-state index in [1.54, 1.807) is 0 Å². The van der Waals surface area contributed by atoms with Crippen LogP contribution in [0, 0.1) is 0 Å². The van der Waals surface area contributed by atoms with E-state index in [1.165, 1.54) is 0 Å². The summed E-state index contributed by atoms with van der Waals surface area (Å²) in [6.45, 7) is 0.731. The highest BCUT2D eigenvalue weighted by Gasteiger charge is 2.09. The van der Waals surface area contributed by atoms with E-state index in [0.717, 1.165) is 40.9 Å². The van der Waals surface area contributed by atoms with Crippen LogP contribution in [0.3, 0.4) is 0 Å². The molecular formula is C11H17BrCl2N2. The minimum Gasteiger partial charge on any atom is -0.330 e. The fourth-order valence-electron chi connectivity index (χ4n) is 1.47. The molecule has 1 rings (SSSR count). The first-order valence-electron chi connectivity index (χ1n) is 5.05. The van der Waals surface area contributed by atoms with Gasteiger partial charge in [-0.05, 0) is 37.1 Å². The molecule has 0 bridgehead atoms. The van der Waals surface area contributed by atoms with Crippen molar-refractivity contribution in [3.63, 3.8) is 0 Å². The lowest BCUT2D eigenvalue weighted by molar-refractivity contribution is 0.589. The van der Waals surface area contributed by atoms with Gasteiger partial charge in [0.15, 0.2) is 0 Å². The number of hydrogen-bond acceptors (Lipinski definition) is 2. The fraction of sp³-hybridized carbons (Fsp3) is 0.455. The van der Waals surface area contributed by atoms with Crippen LogP contribution in [0.25, 0.3) is 0 Å². The van der Waals surface area contributed by atoms with Gasteiger partial charge in [-0.1, -0.05) is 40.0 Å². The van der Waals surface area contributed by atoms with Crippen molar-refractivity contribution in [1.82, 2.24) is 0 Å². The van der Waals surface area contributed by atoms with Crippen molar-refractivity contribution in [2.24, 2.45) is 11.5 Å². The summed E-state index contributed by atoms with van der Waals surface area (Å²) in [5.41, 5.74) is 12.6. The van der Waals surface area contributed by atoms with Crippen LogP contribution in [-0.2, 0) is 0 Å². The standard InChI is InChI=1S/C11H16BrClN2.ClH/c12-10-7-8(13)4-5-9(10)11(15)3-1-2-6-14;/h4-5,7,11H,1-3,6,14-15H2;1H/t11-;/m1./s1. The van der Waals surface area contributed by atoms with E-state index in [9.17, 15) is 0 Å². The van der Waals surface area contributed by atoms with Gasteiger partial charge >= 0.3 is 0 Å². The first-order chi connectivity index (χ1) is 7.15. The summed E-state index contributed by atoms with van der Waals surface area (Å²) in [5.74, 6) is 0. The van der Waals surface area contributed by atoms with Gasteiger partial charge in [-0.15, -0.1) is 12.4 Å². The van der Waals surface area contributed by atoms with Crippen LogP contribution in [0.4, 0.5) is 0 Å². The van der Waals surface area contributed by atoms with Gasteiger partial charge in [0, 0.05) is 15.5 Å². The topological polar surface area (TPSA) is 52.0 Å². The monoisotopic (exact) mass is 326 g/mol. The molecule has 0 saturated carbocycles. The van der Waals surface area contributed by atoms with Crippen molar-refractivity contribution in [2.45, 2.75) is 25.3 Å². The number of nitrogens with two attached hydrogens (primary N) is 2. The Morgan fingerprint density at radius 2 is 2.00 bits per heavy atom. The number of hydrogen-bond donors (Lipinski definition) is 2. The lowest BCUT2D eigenvalue weighted by Crippen LogP contribution is -2.11. The summed E-state index contributed by atoms with van der Waals surface area (Å²) in [4.78, 5) is 0. The summed E-state index contributed by atoms with van der Waals surface area (Å²) in [5, 5.41) is 0.722. The second kappa shape index (κ2) is 8.31. The first-order valence-corrected chi connectivity index (χ1v) is 6.23. The number of halogens is 3. The molecule has 0 fully saturated rings. The molecule has 0 aromatic heterocycles. The molecule has 1 atom stereocenters. The number of unbranched alkanes of at least 4 members (excludes halogenated alkanes) is 1. The average Bonchev–Trinajstić information content (AvgIpc) is 2.17. The van der Waals surface area contributed by atoms with Gasteiger partial charge in [0.2, 0.25) is 0 Å². The van der Waals surface area contributed by atoms with Gasteiger partial charge in [0.25, 0.3) is 0 Å². The van der Waals surface area contributed by atoms with Crippen molar-refractivity contribution in [3.8, 4) is 0 Å². The SMILES string of the molecule is Cl.NCCCC[C@@H](N)c1ccc(Cl)cc1Br. The van der Waals surface area contributed by atoms with Gasteiger partial charge in [0.1, 0.15) is 0 Å². The predicted octanol–water partition coefficient (Wildman–Crippen LogP) is 3.65. The molecule has 0 radical (unpaired) electrons. The van der Waals surface area contributed by atoms with Crippen molar-refractivity contribution in [2.75, 3.05) is 6.54 Å². The second-order valence-electron chi connectivity index (χ2n) is 3.56. The molecule has 1 aromatic carbocycles. The van der Waals surface area contributed by atoms with Crippen molar-refractivity contribution in [3.05, 3.63) is 33.3 Å². The van der Waals surface area contributed by atoms with E-state index >= 15 is 0 Å². The molecule has 0 aliphatic carbocycles. The van der Waals surface area contributed by atoms with E-state index in [2.05, 4.69) is 15.9 Å². The third-order valence-corrected chi connectivity index (χ3v) is 3.25. The zero-order valence-electron chi connectivity index (χ0n) is 8.96. The summed E-state index contributed by atoms with van der Waals surface area (Å²) in [7, 11) is 0. The maximum absolute atomic E-state index is 6.07. The molecule has 0 spiro atoms. The van der Waals surface area contributed by atoms with Crippen LogP contribution in [0.2, 0.25) is 5.02 Å². The summed E-state index contributed by atoms with van der Waals surface area (Å²) >= 11 is 9.33. The van der Waals surface area contributed by atoms with E-state index in [-0.39, 0.29) is 18.4 Å². The Labute approximate surface area is 116 Å². The smallest absolute Gasteiger partial charge is 0.0417 e. The van der Waals surface area contributed by atoms with E-state index < -0.39 is 0 Å². The molecule has 5 heteroatoms. The average molecular weight is 328 g/mol. The molecule has 4 N–H and O–H groups in total. The maximum Gasteiger partial charge on any atom is 0.0417 e. The van der Waals surface area contributed by atoms with Crippen LogP contribution in [-0.4, -0.2) is 6.54 Å². The third kappa shape index (κ3) is 5.02. The molecule has 2 nitrogen and oxygen atoms in total. The zero-order valence-corrected chi connectivity index (χ0v) is 12.1. The van der Waals surface area contributed by atoms with E-state index in [0.29, 0.717) is 0 Å². The Morgan fingerprint density at radius 1 is 1.31 bits per heavy atom. The fourth-order valence-corrected chi connectivity index (χ4v) is 2.44. The lowest BCUT2D eigenvalue weighted by atomic mass is 10.0. The Balaban J connectivity index is 0.00000225. The minimum atomic E-state index is 0. The maximum atomic E-state index is 6.07. The molecule has 16 heavy (non-hydrogen) atoms. The van der Waals surface area contributed by atoms with Gasteiger partial charge in [-0.3, -0.25) is 0 Å². The van der Waals surface area contributed by atoms with Crippen molar-refractivity contribution in [1.29, 1.82) is 0 Å². The normalized spacial score (nSPS) is 12.0. The number of benzene rings is 1. The van der Waals surface area contributed by atoms with Gasteiger partial charge in [0.05, 0.1) is 0 Å².